The second-order valence-corrected chi connectivity index (χ2v) is 7.25. The van der Waals surface area contributed by atoms with E-state index in [9.17, 15) is 9.59 Å². The molecule has 3 heterocycles. The Morgan fingerprint density at radius 1 is 1.30 bits per heavy atom. The summed E-state index contributed by atoms with van der Waals surface area (Å²) < 4.78 is 6.82. The molecule has 0 saturated carbocycles. The van der Waals surface area contributed by atoms with Gasteiger partial charge in [-0.1, -0.05) is 11.6 Å². The lowest BCUT2D eigenvalue weighted by Gasteiger charge is -2.33. The highest BCUT2D eigenvalue weighted by atomic mass is 35.5. The van der Waals surface area contributed by atoms with Crippen LogP contribution in [0.3, 0.4) is 0 Å². The predicted octanol–water partition coefficient (Wildman–Crippen LogP) is 3.10. The minimum absolute atomic E-state index is 0.0267. The molecule has 1 atom stereocenters. The number of aryl methyl sites for hydroxylation is 2. The molecule has 0 bridgehead atoms. The molecule has 0 aromatic carbocycles. The monoisotopic (exact) mass is 390 g/mol. The Kier molecular flexibility index (Phi) is 5.79. The van der Waals surface area contributed by atoms with E-state index >= 15 is 0 Å². The number of rotatable bonds is 4. The third kappa shape index (κ3) is 4.30. The first-order valence-corrected chi connectivity index (χ1v) is 9.41. The maximum Gasteiger partial charge on any atom is 0.359 e. The van der Waals surface area contributed by atoms with Crippen LogP contribution in [0.5, 0.6) is 0 Å². The zero-order chi connectivity index (χ0) is 19.6. The van der Waals surface area contributed by atoms with Gasteiger partial charge in [0.2, 0.25) is 0 Å². The summed E-state index contributed by atoms with van der Waals surface area (Å²) in [4.78, 5) is 30.8. The van der Waals surface area contributed by atoms with Crippen molar-refractivity contribution in [3.05, 3.63) is 40.3 Å². The van der Waals surface area contributed by atoms with Gasteiger partial charge in [-0.3, -0.25) is 4.79 Å². The van der Waals surface area contributed by atoms with E-state index in [-0.39, 0.29) is 29.3 Å². The van der Waals surface area contributed by atoms with Crippen LogP contribution in [-0.2, 0) is 9.53 Å². The Morgan fingerprint density at radius 3 is 2.74 bits per heavy atom. The fraction of sp³-hybridized carbons (Fsp3) is 0.474. The number of amides is 1. The van der Waals surface area contributed by atoms with Crippen molar-refractivity contribution < 1.29 is 14.3 Å². The molecule has 1 aliphatic rings. The predicted molar refractivity (Wildman–Crippen MR) is 101 cm³/mol. The molecular weight excluding hydrogens is 368 g/mol. The van der Waals surface area contributed by atoms with Gasteiger partial charge in [0.15, 0.2) is 18.1 Å². The third-order valence-electron chi connectivity index (χ3n) is 4.70. The van der Waals surface area contributed by atoms with Gasteiger partial charge in [-0.05, 0) is 58.2 Å². The molecule has 0 radical (unpaired) electrons. The second kappa shape index (κ2) is 8.08. The van der Waals surface area contributed by atoms with Crippen LogP contribution >= 0.6 is 11.6 Å². The molecule has 144 valence electrons. The van der Waals surface area contributed by atoms with Crippen LogP contribution in [0, 0.1) is 13.8 Å². The smallest absolute Gasteiger partial charge is 0.359 e. The Bertz CT molecular complexity index is 865. The summed E-state index contributed by atoms with van der Waals surface area (Å²) in [7, 11) is 0. The van der Waals surface area contributed by atoms with Crippen molar-refractivity contribution >= 4 is 23.5 Å². The number of halogens is 1. The van der Waals surface area contributed by atoms with Crippen LogP contribution in [0.15, 0.2) is 18.2 Å². The van der Waals surface area contributed by atoms with Crippen molar-refractivity contribution in [2.45, 2.75) is 46.1 Å². The number of pyridine rings is 1. The normalized spacial score (nSPS) is 17.0. The van der Waals surface area contributed by atoms with Gasteiger partial charge in [0.1, 0.15) is 0 Å². The lowest BCUT2D eigenvalue weighted by molar-refractivity contribution is -0.137. The number of aromatic nitrogens is 3. The first-order chi connectivity index (χ1) is 12.9. The van der Waals surface area contributed by atoms with Gasteiger partial charge in [0.25, 0.3) is 5.91 Å². The van der Waals surface area contributed by atoms with Crippen molar-refractivity contribution in [3.63, 3.8) is 0 Å². The molecule has 7 nitrogen and oxygen atoms in total. The average molecular weight is 391 g/mol. The van der Waals surface area contributed by atoms with Crippen molar-refractivity contribution in [1.82, 2.24) is 19.7 Å². The van der Waals surface area contributed by atoms with E-state index in [1.165, 1.54) is 0 Å². The third-order valence-corrected chi connectivity index (χ3v) is 5.01. The maximum absolute atomic E-state index is 12.4. The molecular formula is C19H23ClN4O3. The van der Waals surface area contributed by atoms with Crippen LogP contribution in [0.4, 0.5) is 0 Å². The molecule has 2 aromatic rings. The van der Waals surface area contributed by atoms with Crippen LogP contribution in [0.1, 0.15) is 48.1 Å². The minimum atomic E-state index is -0.721. The first kappa shape index (κ1) is 19.4. The Balaban J connectivity index is 1.72. The van der Waals surface area contributed by atoms with E-state index in [0.29, 0.717) is 12.4 Å². The maximum atomic E-state index is 12.4. The number of carbonyl (C=O) groups is 2. The van der Waals surface area contributed by atoms with Crippen LogP contribution in [-0.4, -0.2) is 50.7 Å². The number of likely N-dealkylation sites (tertiary alicyclic amines) is 1. The van der Waals surface area contributed by atoms with E-state index in [2.05, 4.69) is 10.1 Å². The molecule has 0 spiro atoms. The van der Waals surface area contributed by atoms with Gasteiger partial charge < -0.3 is 9.64 Å². The molecule has 1 amide bonds. The second-order valence-electron chi connectivity index (χ2n) is 6.85. The van der Waals surface area contributed by atoms with E-state index in [1.807, 2.05) is 26.8 Å². The topological polar surface area (TPSA) is 77.3 Å². The number of esters is 1. The zero-order valence-electron chi connectivity index (χ0n) is 15.7. The van der Waals surface area contributed by atoms with Gasteiger partial charge in [0.05, 0.1) is 10.7 Å². The standard InChI is InChI=1S/C19H23ClN4O3/c1-12-10-14(3)24(22-12)16-8-7-15(20)18(21-16)19(26)27-11-17(25)23-9-5-4-6-13(23)2/h7-8,10,13H,4-6,9,11H2,1-3H3/t13-/m0/s1. The molecule has 2 aromatic heterocycles. The molecule has 27 heavy (non-hydrogen) atoms. The number of nitrogens with zero attached hydrogens (tertiary/aromatic N) is 4. The van der Waals surface area contributed by atoms with Gasteiger partial charge in [-0.2, -0.15) is 5.10 Å². The summed E-state index contributed by atoms with van der Waals surface area (Å²) in [5.41, 5.74) is 1.70. The molecule has 3 rings (SSSR count). The molecule has 0 N–H and O–H groups in total. The van der Waals surface area contributed by atoms with E-state index in [0.717, 1.165) is 30.7 Å². The van der Waals surface area contributed by atoms with Crippen LogP contribution < -0.4 is 0 Å². The number of hydrogen-bond donors (Lipinski definition) is 0. The lowest BCUT2D eigenvalue weighted by atomic mass is 10.0. The molecule has 1 fully saturated rings. The summed E-state index contributed by atoms with van der Waals surface area (Å²) >= 11 is 6.12. The summed E-state index contributed by atoms with van der Waals surface area (Å²) in [6, 6.07) is 5.33. The van der Waals surface area contributed by atoms with Gasteiger partial charge in [-0.15, -0.1) is 0 Å². The van der Waals surface area contributed by atoms with Gasteiger partial charge >= 0.3 is 5.97 Å². The molecule has 1 saturated heterocycles. The summed E-state index contributed by atoms with van der Waals surface area (Å²) in [6.45, 7) is 6.17. The highest BCUT2D eigenvalue weighted by Crippen LogP contribution is 2.19. The molecule has 8 heteroatoms. The highest BCUT2D eigenvalue weighted by Gasteiger charge is 2.25. The molecule has 1 aliphatic heterocycles. The zero-order valence-corrected chi connectivity index (χ0v) is 16.5. The number of ether oxygens (including phenoxy) is 1. The highest BCUT2D eigenvalue weighted by molar-refractivity contribution is 6.33. The number of piperidine rings is 1. The van der Waals surface area contributed by atoms with Crippen molar-refractivity contribution in [2.24, 2.45) is 0 Å². The lowest BCUT2D eigenvalue weighted by Crippen LogP contribution is -2.44. The summed E-state index contributed by atoms with van der Waals surface area (Å²) in [6.07, 6.45) is 3.06. The number of carbonyl (C=O) groups excluding carboxylic acids is 2. The molecule has 0 unspecified atom stereocenters. The fourth-order valence-electron chi connectivity index (χ4n) is 3.30. The molecule has 0 aliphatic carbocycles. The SMILES string of the molecule is Cc1cc(C)n(-c2ccc(Cl)c(C(=O)OCC(=O)N3CCCC[C@@H]3C)n2)n1. The fourth-order valence-corrected chi connectivity index (χ4v) is 3.48. The van der Waals surface area contributed by atoms with Crippen LogP contribution in [0.25, 0.3) is 5.82 Å². The summed E-state index contributed by atoms with van der Waals surface area (Å²) in [5, 5.41) is 4.52. The van der Waals surface area contributed by atoms with E-state index < -0.39 is 5.97 Å². The Morgan fingerprint density at radius 2 is 2.07 bits per heavy atom. The average Bonchev–Trinajstić information content (AvgIpc) is 2.98. The Labute approximate surface area is 163 Å². The minimum Gasteiger partial charge on any atom is -0.451 e. The first-order valence-electron chi connectivity index (χ1n) is 9.03. The quantitative estimate of drug-likeness (QED) is 0.749. The van der Waals surface area contributed by atoms with E-state index in [1.54, 1.807) is 21.7 Å². The van der Waals surface area contributed by atoms with Crippen molar-refractivity contribution in [3.8, 4) is 5.82 Å². The largest absolute Gasteiger partial charge is 0.451 e. The van der Waals surface area contributed by atoms with Gasteiger partial charge in [-0.25, -0.2) is 14.5 Å². The van der Waals surface area contributed by atoms with Gasteiger partial charge in [0, 0.05) is 18.3 Å². The van der Waals surface area contributed by atoms with Crippen LogP contribution in [0.2, 0.25) is 5.02 Å². The number of hydrogen-bond acceptors (Lipinski definition) is 5. The van der Waals surface area contributed by atoms with Crippen molar-refractivity contribution in [1.29, 1.82) is 0 Å². The Hall–Kier alpha value is -2.41. The van der Waals surface area contributed by atoms with E-state index in [4.69, 9.17) is 16.3 Å². The summed E-state index contributed by atoms with van der Waals surface area (Å²) in [5.74, 6) is -0.448. The van der Waals surface area contributed by atoms with Crippen molar-refractivity contribution in [2.75, 3.05) is 13.2 Å².